The number of H-pyrrole nitrogens is 1. The molecule has 0 amide bonds. The molecule has 0 atom stereocenters. The van der Waals surface area contributed by atoms with Crippen molar-refractivity contribution >= 4 is 22.7 Å². The first kappa shape index (κ1) is 20.0. The van der Waals surface area contributed by atoms with E-state index in [-0.39, 0.29) is 5.43 Å². The van der Waals surface area contributed by atoms with Crippen LogP contribution in [0, 0.1) is 0 Å². The number of para-hydroxylation sites is 1. The second kappa shape index (κ2) is 8.27. The van der Waals surface area contributed by atoms with Crippen molar-refractivity contribution in [2.24, 2.45) is 0 Å². The fraction of sp³-hybridized carbons (Fsp3) is 0.217. The summed E-state index contributed by atoms with van der Waals surface area (Å²) in [5.74, 6) is 0.371. The summed E-state index contributed by atoms with van der Waals surface area (Å²) in [6.07, 6.45) is 1.79. The summed E-state index contributed by atoms with van der Waals surface area (Å²) in [4.78, 5) is 30.0. The fourth-order valence-corrected chi connectivity index (χ4v) is 3.83. The number of aromatic nitrogens is 4. The molecule has 4 aromatic rings. The SMILES string of the molecule is COC(=O)c1ccc(-n2cc(-c3cccc4c(=O)cc(N5CCOCC5)[nH]c34)nn2)cc1. The van der Waals surface area contributed by atoms with Crippen molar-refractivity contribution < 1.29 is 14.3 Å². The van der Waals surface area contributed by atoms with Crippen LogP contribution >= 0.6 is 0 Å². The van der Waals surface area contributed by atoms with E-state index in [1.165, 1.54) is 7.11 Å². The number of aromatic amines is 1. The van der Waals surface area contributed by atoms with Gasteiger partial charge in [-0.1, -0.05) is 17.3 Å². The Hall–Kier alpha value is -3.98. The third-order valence-electron chi connectivity index (χ3n) is 5.52. The topological polar surface area (TPSA) is 102 Å². The van der Waals surface area contributed by atoms with E-state index in [0.29, 0.717) is 29.9 Å². The number of fused-ring (bicyclic) bond motifs is 1. The van der Waals surface area contributed by atoms with Gasteiger partial charge in [0.15, 0.2) is 5.43 Å². The molecule has 5 rings (SSSR count). The van der Waals surface area contributed by atoms with Gasteiger partial charge in [0.25, 0.3) is 0 Å². The quantitative estimate of drug-likeness (QED) is 0.495. The van der Waals surface area contributed by atoms with E-state index >= 15 is 0 Å². The second-order valence-electron chi connectivity index (χ2n) is 7.43. The molecule has 1 N–H and O–H groups in total. The Morgan fingerprint density at radius 2 is 1.91 bits per heavy atom. The van der Waals surface area contributed by atoms with Crippen LogP contribution in [-0.4, -0.2) is 59.4 Å². The number of nitrogens with one attached hydrogen (secondary N) is 1. The maximum Gasteiger partial charge on any atom is 0.337 e. The molecule has 0 radical (unpaired) electrons. The van der Waals surface area contributed by atoms with E-state index in [1.54, 1.807) is 47.3 Å². The lowest BCUT2D eigenvalue weighted by Crippen LogP contribution is -2.37. The van der Waals surface area contributed by atoms with Crippen LogP contribution in [0.1, 0.15) is 10.4 Å². The van der Waals surface area contributed by atoms with Crippen LogP contribution < -0.4 is 10.3 Å². The maximum atomic E-state index is 12.8. The number of methoxy groups -OCH3 is 1. The van der Waals surface area contributed by atoms with E-state index in [4.69, 9.17) is 9.47 Å². The number of pyridine rings is 1. The zero-order chi connectivity index (χ0) is 22.1. The highest BCUT2D eigenvalue weighted by atomic mass is 16.5. The van der Waals surface area contributed by atoms with Gasteiger partial charge < -0.3 is 19.4 Å². The number of anilines is 1. The largest absolute Gasteiger partial charge is 0.465 e. The van der Waals surface area contributed by atoms with Crippen LogP contribution in [0.4, 0.5) is 5.82 Å². The predicted octanol–water partition coefficient (Wildman–Crippen LogP) is 2.40. The molecule has 0 bridgehead atoms. The molecule has 162 valence electrons. The molecule has 2 aromatic heterocycles. The fourth-order valence-electron chi connectivity index (χ4n) is 3.83. The average molecular weight is 431 g/mol. The first-order valence-electron chi connectivity index (χ1n) is 10.2. The number of morpholine rings is 1. The average Bonchev–Trinajstić information content (AvgIpc) is 3.34. The summed E-state index contributed by atoms with van der Waals surface area (Å²) < 4.78 is 11.8. The molecule has 0 aliphatic carbocycles. The van der Waals surface area contributed by atoms with Crippen LogP contribution in [0.3, 0.4) is 0 Å². The first-order chi connectivity index (χ1) is 15.6. The lowest BCUT2D eigenvalue weighted by atomic mass is 10.1. The molecule has 0 unspecified atom stereocenters. The van der Waals surface area contributed by atoms with Gasteiger partial charge in [-0.05, 0) is 30.3 Å². The molecule has 1 saturated heterocycles. The normalized spacial score (nSPS) is 14.0. The summed E-state index contributed by atoms with van der Waals surface area (Å²) in [7, 11) is 1.35. The van der Waals surface area contributed by atoms with Gasteiger partial charge in [0.2, 0.25) is 0 Å². The summed E-state index contributed by atoms with van der Waals surface area (Å²) in [6, 6.07) is 14.1. The Morgan fingerprint density at radius 1 is 1.12 bits per heavy atom. The third kappa shape index (κ3) is 3.63. The molecule has 1 fully saturated rings. The lowest BCUT2D eigenvalue weighted by Gasteiger charge is -2.28. The van der Waals surface area contributed by atoms with E-state index < -0.39 is 5.97 Å². The van der Waals surface area contributed by atoms with Crippen LogP contribution in [0.25, 0.3) is 27.8 Å². The molecule has 1 aliphatic heterocycles. The van der Waals surface area contributed by atoms with E-state index in [0.717, 1.165) is 35.7 Å². The van der Waals surface area contributed by atoms with Crippen LogP contribution in [0.5, 0.6) is 0 Å². The molecule has 3 heterocycles. The highest BCUT2D eigenvalue weighted by molar-refractivity contribution is 5.93. The van der Waals surface area contributed by atoms with Gasteiger partial charge >= 0.3 is 5.97 Å². The van der Waals surface area contributed by atoms with Gasteiger partial charge in [-0.2, -0.15) is 0 Å². The number of hydrogen-bond acceptors (Lipinski definition) is 7. The Balaban J connectivity index is 1.54. The van der Waals surface area contributed by atoms with E-state index in [2.05, 4.69) is 20.2 Å². The minimum atomic E-state index is -0.397. The number of nitrogens with zero attached hydrogens (tertiary/aromatic N) is 4. The lowest BCUT2D eigenvalue weighted by molar-refractivity contribution is 0.0600. The number of esters is 1. The van der Waals surface area contributed by atoms with Crippen molar-refractivity contribution in [2.75, 3.05) is 38.3 Å². The highest BCUT2D eigenvalue weighted by Crippen LogP contribution is 2.26. The van der Waals surface area contributed by atoms with Crippen molar-refractivity contribution in [3.63, 3.8) is 0 Å². The second-order valence-corrected chi connectivity index (χ2v) is 7.43. The van der Waals surface area contributed by atoms with Gasteiger partial charge in [-0.3, -0.25) is 4.79 Å². The molecular weight excluding hydrogens is 410 g/mol. The minimum Gasteiger partial charge on any atom is -0.465 e. The molecular formula is C23H21N5O4. The summed E-state index contributed by atoms with van der Waals surface area (Å²) in [5.41, 5.74) is 3.29. The van der Waals surface area contributed by atoms with Crippen molar-refractivity contribution in [1.29, 1.82) is 0 Å². The number of ether oxygens (including phenoxy) is 2. The molecule has 2 aromatic carbocycles. The van der Waals surface area contributed by atoms with Gasteiger partial charge in [-0.25, -0.2) is 9.48 Å². The molecule has 0 spiro atoms. The van der Waals surface area contributed by atoms with E-state index in [1.807, 2.05) is 12.1 Å². The number of hydrogen-bond donors (Lipinski definition) is 1. The van der Waals surface area contributed by atoms with Crippen LogP contribution in [0.2, 0.25) is 0 Å². The van der Waals surface area contributed by atoms with E-state index in [9.17, 15) is 9.59 Å². The Kier molecular flexibility index (Phi) is 5.16. The number of rotatable bonds is 4. The maximum absolute atomic E-state index is 12.8. The van der Waals surface area contributed by atoms with Crippen molar-refractivity contribution in [2.45, 2.75) is 0 Å². The van der Waals surface area contributed by atoms with Crippen LogP contribution in [0.15, 0.2) is 59.5 Å². The van der Waals surface area contributed by atoms with Gasteiger partial charge in [0, 0.05) is 30.1 Å². The number of carbonyl (C=O) groups is 1. The first-order valence-corrected chi connectivity index (χ1v) is 10.2. The summed E-state index contributed by atoms with van der Waals surface area (Å²) >= 11 is 0. The van der Waals surface area contributed by atoms with Gasteiger partial charge in [-0.15, -0.1) is 5.10 Å². The van der Waals surface area contributed by atoms with Crippen molar-refractivity contribution in [1.82, 2.24) is 20.0 Å². The Morgan fingerprint density at radius 3 is 2.66 bits per heavy atom. The molecule has 32 heavy (non-hydrogen) atoms. The predicted molar refractivity (Wildman–Crippen MR) is 119 cm³/mol. The highest BCUT2D eigenvalue weighted by Gasteiger charge is 2.16. The van der Waals surface area contributed by atoms with Crippen LogP contribution in [-0.2, 0) is 9.47 Å². The standard InChI is InChI=1S/C23H21N5O4/c1-31-23(30)15-5-7-16(8-6-15)28-14-19(25-26-28)17-3-2-4-18-20(29)13-21(24-22(17)18)27-9-11-32-12-10-27/h2-8,13-14H,9-12H2,1H3,(H,24,29). The molecule has 9 nitrogen and oxygen atoms in total. The van der Waals surface area contributed by atoms with Gasteiger partial charge in [0.1, 0.15) is 11.5 Å². The summed E-state index contributed by atoms with van der Waals surface area (Å²) in [6.45, 7) is 2.71. The number of carbonyl (C=O) groups excluding carboxylic acids is 1. The third-order valence-corrected chi connectivity index (χ3v) is 5.52. The number of benzene rings is 2. The smallest absolute Gasteiger partial charge is 0.337 e. The van der Waals surface area contributed by atoms with Gasteiger partial charge in [0.05, 0.1) is 43.3 Å². The molecule has 0 saturated carbocycles. The molecule has 9 heteroatoms. The monoisotopic (exact) mass is 431 g/mol. The minimum absolute atomic E-state index is 0.0483. The molecule has 1 aliphatic rings. The Bertz CT molecular complexity index is 1340. The Labute approximate surface area is 183 Å². The zero-order valence-electron chi connectivity index (χ0n) is 17.4. The van der Waals surface area contributed by atoms with Crippen molar-refractivity contribution in [3.8, 4) is 16.9 Å². The van der Waals surface area contributed by atoms with Crippen molar-refractivity contribution in [3.05, 3.63) is 70.5 Å². The zero-order valence-corrected chi connectivity index (χ0v) is 17.4. The summed E-state index contributed by atoms with van der Waals surface area (Å²) in [5, 5.41) is 9.15.